The largest absolute Gasteiger partial charge is 0.462 e. The van der Waals surface area contributed by atoms with E-state index in [-0.39, 0.29) is 50.4 Å². The van der Waals surface area contributed by atoms with Crippen molar-refractivity contribution >= 4 is 23.1 Å². The predicted octanol–water partition coefficient (Wildman–Crippen LogP) is -0.801. The molecule has 0 radical (unpaired) electrons. The molecule has 2 aromatic heterocycles. The molecule has 0 bridgehead atoms. The average Bonchev–Trinajstić information content (AvgIpc) is 2.97. The number of H-pyrrole nitrogens is 1. The monoisotopic (exact) mass is 370 g/mol. The molecule has 0 spiro atoms. The summed E-state index contributed by atoms with van der Waals surface area (Å²) >= 11 is 0. The minimum absolute atomic E-state index is 0. The van der Waals surface area contributed by atoms with Crippen LogP contribution in [0.5, 0.6) is 0 Å². The summed E-state index contributed by atoms with van der Waals surface area (Å²) in [5.41, 5.74) is 11.1. The lowest BCUT2D eigenvalue weighted by Gasteiger charge is -2.19. The van der Waals surface area contributed by atoms with Crippen LogP contribution in [-0.4, -0.2) is 56.0 Å². The summed E-state index contributed by atoms with van der Waals surface area (Å²) in [6.07, 6.45) is 0.599. The topological polar surface area (TPSA) is 171 Å². The summed E-state index contributed by atoms with van der Waals surface area (Å²) in [7, 11) is 0. The van der Waals surface area contributed by atoms with Crippen LogP contribution >= 0.6 is 0 Å². The third-order valence-electron chi connectivity index (χ3n) is 3.55. The molecule has 1 unspecified atom stereocenters. The maximum atomic E-state index is 11.7. The highest BCUT2D eigenvalue weighted by molar-refractivity contribution is 5.75. The number of hydrogen-bond acceptors (Lipinski definition) is 9. The molecule has 0 aliphatic carbocycles. The fraction of sp³-hybridized carbons (Fsp3) is 0.600. The van der Waals surface area contributed by atoms with E-state index in [2.05, 4.69) is 15.0 Å². The van der Waals surface area contributed by atoms with Crippen LogP contribution in [0.2, 0.25) is 0 Å². The zero-order chi connectivity index (χ0) is 18.6. The van der Waals surface area contributed by atoms with Crippen molar-refractivity contribution in [1.29, 1.82) is 0 Å². The lowest BCUT2D eigenvalue weighted by atomic mass is 10.1. The van der Waals surface area contributed by atoms with Gasteiger partial charge in [0.1, 0.15) is 25.5 Å². The molecule has 146 valence electrons. The van der Waals surface area contributed by atoms with Crippen LogP contribution in [0.1, 0.15) is 21.3 Å². The Morgan fingerprint density at radius 3 is 2.77 bits per heavy atom. The van der Waals surface area contributed by atoms with Crippen LogP contribution in [0.25, 0.3) is 11.2 Å². The maximum Gasteiger partial charge on any atom is 0.323 e. The molecule has 11 nitrogen and oxygen atoms in total. The second kappa shape index (κ2) is 9.27. The number of nitrogens with one attached hydrogen (secondary N) is 1. The minimum atomic E-state index is -0.764. The first kappa shape index (κ1) is 21.5. The van der Waals surface area contributed by atoms with Crippen molar-refractivity contribution < 1.29 is 19.4 Å². The fourth-order valence-electron chi connectivity index (χ4n) is 1.95. The molecule has 26 heavy (non-hydrogen) atoms. The number of aromatic amines is 1. The molecule has 0 saturated heterocycles. The minimum Gasteiger partial charge on any atom is -0.462 e. The number of esters is 1. The summed E-state index contributed by atoms with van der Waals surface area (Å²) < 4.78 is 12.0. The predicted molar refractivity (Wildman–Crippen MR) is 95.0 cm³/mol. The Morgan fingerprint density at radius 1 is 1.46 bits per heavy atom. The van der Waals surface area contributed by atoms with E-state index >= 15 is 0 Å². The number of rotatable bonds is 8. The SMILES string of the molecule is C.CC(C)[C@H](N)C(=O)OCC(CO)OCn1cnc2c(=O)[nH]c(N)nc21. The Balaban J connectivity index is 0.00000338. The van der Waals surface area contributed by atoms with Gasteiger partial charge in [-0.2, -0.15) is 4.98 Å². The molecule has 2 aromatic rings. The number of aliphatic hydroxyl groups is 1. The summed E-state index contributed by atoms with van der Waals surface area (Å²) in [6.45, 7) is 3.02. The van der Waals surface area contributed by atoms with Crippen LogP contribution < -0.4 is 17.0 Å². The highest BCUT2D eigenvalue weighted by Crippen LogP contribution is 2.08. The van der Waals surface area contributed by atoms with Gasteiger partial charge in [0.15, 0.2) is 11.2 Å². The van der Waals surface area contributed by atoms with Gasteiger partial charge in [-0.3, -0.25) is 19.1 Å². The third-order valence-corrected chi connectivity index (χ3v) is 3.55. The highest BCUT2D eigenvalue weighted by atomic mass is 16.6. The van der Waals surface area contributed by atoms with Crippen molar-refractivity contribution in [3.8, 4) is 0 Å². The number of carbonyl (C=O) groups is 1. The second-order valence-electron chi connectivity index (χ2n) is 5.84. The first-order valence-corrected chi connectivity index (χ1v) is 7.68. The molecule has 0 aromatic carbocycles. The molecule has 0 saturated carbocycles. The molecule has 2 heterocycles. The summed E-state index contributed by atoms with van der Waals surface area (Å²) in [5.74, 6) is -0.673. The molecule has 2 rings (SSSR count). The van der Waals surface area contributed by atoms with Crippen LogP contribution in [0.4, 0.5) is 5.95 Å². The van der Waals surface area contributed by atoms with E-state index in [0.717, 1.165) is 0 Å². The Morgan fingerprint density at radius 2 is 2.15 bits per heavy atom. The number of nitrogens with zero attached hydrogens (tertiary/aromatic N) is 3. The van der Waals surface area contributed by atoms with Crippen molar-refractivity contribution in [2.75, 3.05) is 18.9 Å². The number of hydrogen-bond donors (Lipinski definition) is 4. The van der Waals surface area contributed by atoms with E-state index in [1.165, 1.54) is 10.9 Å². The van der Waals surface area contributed by atoms with Gasteiger partial charge in [0, 0.05) is 0 Å². The number of carbonyl (C=O) groups excluding carboxylic acids is 1. The van der Waals surface area contributed by atoms with E-state index in [9.17, 15) is 14.7 Å². The number of ether oxygens (including phenoxy) is 2. The number of nitrogens with two attached hydrogens (primary N) is 2. The standard InChI is InChI=1S/C14H22N6O5.CH4/c1-7(2)9(15)13(23)24-4-8(3-21)25-6-20-5-17-10-11(20)18-14(16)19-12(10)22;/h5,7-9,21H,3-4,6,15H2,1-2H3,(H3,16,18,19,22);1H4/t8?,9-;/m0./s1. The molecular weight excluding hydrogens is 344 g/mol. The molecule has 0 amide bonds. The number of anilines is 1. The Bertz CT molecular complexity index is 786. The quantitative estimate of drug-likeness (QED) is 0.434. The van der Waals surface area contributed by atoms with Gasteiger partial charge in [-0.25, -0.2) is 4.98 Å². The van der Waals surface area contributed by atoms with Crippen molar-refractivity contribution in [3.05, 3.63) is 16.7 Å². The Labute approximate surface area is 150 Å². The van der Waals surface area contributed by atoms with E-state index in [0.29, 0.717) is 0 Å². The van der Waals surface area contributed by atoms with Gasteiger partial charge in [-0.1, -0.05) is 21.3 Å². The van der Waals surface area contributed by atoms with E-state index in [4.69, 9.17) is 20.9 Å². The number of aromatic nitrogens is 4. The van der Waals surface area contributed by atoms with Gasteiger partial charge in [-0.05, 0) is 5.92 Å². The number of nitrogen functional groups attached to an aromatic ring is 1. The molecule has 2 atom stereocenters. The van der Waals surface area contributed by atoms with Gasteiger partial charge >= 0.3 is 5.97 Å². The van der Waals surface area contributed by atoms with E-state index in [1.807, 2.05) is 0 Å². The van der Waals surface area contributed by atoms with Gasteiger partial charge in [0.25, 0.3) is 5.56 Å². The van der Waals surface area contributed by atoms with Gasteiger partial charge in [0.2, 0.25) is 5.95 Å². The van der Waals surface area contributed by atoms with Crippen molar-refractivity contribution in [2.45, 2.75) is 40.2 Å². The van der Waals surface area contributed by atoms with Crippen LogP contribution in [0.3, 0.4) is 0 Å². The first-order chi connectivity index (χ1) is 11.8. The molecule has 11 heteroatoms. The van der Waals surface area contributed by atoms with Gasteiger partial charge in [-0.15, -0.1) is 0 Å². The zero-order valence-corrected chi connectivity index (χ0v) is 14.0. The van der Waals surface area contributed by atoms with E-state index in [1.54, 1.807) is 13.8 Å². The van der Waals surface area contributed by atoms with Gasteiger partial charge in [0.05, 0.1) is 12.9 Å². The molecule has 6 N–H and O–H groups in total. The van der Waals surface area contributed by atoms with Crippen LogP contribution in [0.15, 0.2) is 11.1 Å². The van der Waals surface area contributed by atoms with Crippen LogP contribution in [-0.2, 0) is 21.0 Å². The summed E-state index contributed by atoms with van der Waals surface area (Å²) in [4.78, 5) is 33.7. The second-order valence-corrected chi connectivity index (χ2v) is 5.84. The Hall–Kier alpha value is -2.50. The highest BCUT2D eigenvalue weighted by Gasteiger charge is 2.21. The zero-order valence-electron chi connectivity index (χ0n) is 14.0. The third kappa shape index (κ3) is 5.00. The Kier molecular flexibility index (Phi) is 7.68. The number of aliphatic hydroxyl groups excluding tert-OH is 1. The lowest BCUT2D eigenvalue weighted by Crippen LogP contribution is -2.39. The van der Waals surface area contributed by atoms with Crippen molar-refractivity contribution in [3.63, 3.8) is 0 Å². The normalized spacial score (nSPS) is 13.4. The molecular formula is C15H26N6O5. The number of fused-ring (bicyclic) bond motifs is 1. The smallest absolute Gasteiger partial charge is 0.323 e. The summed E-state index contributed by atoms with van der Waals surface area (Å²) in [6, 6.07) is -0.740. The maximum absolute atomic E-state index is 11.7. The van der Waals surface area contributed by atoms with Crippen molar-refractivity contribution in [2.24, 2.45) is 11.7 Å². The number of imidazole rings is 1. The summed E-state index contributed by atoms with van der Waals surface area (Å²) in [5, 5.41) is 9.35. The lowest BCUT2D eigenvalue weighted by molar-refractivity contribution is -0.153. The molecule has 0 fully saturated rings. The van der Waals surface area contributed by atoms with Crippen LogP contribution in [0, 0.1) is 5.92 Å². The first-order valence-electron chi connectivity index (χ1n) is 7.68. The average molecular weight is 370 g/mol. The van der Waals surface area contributed by atoms with E-state index < -0.39 is 23.7 Å². The van der Waals surface area contributed by atoms with Gasteiger partial charge < -0.3 is 26.0 Å². The van der Waals surface area contributed by atoms with Crippen molar-refractivity contribution in [1.82, 2.24) is 19.5 Å². The molecule has 0 aliphatic heterocycles. The molecule has 0 aliphatic rings. The fourth-order valence-corrected chi connectivity index (χ4v) is 1.95.